The van der Waals surface area contributed by atoms with Gasteiger partial charge in [0.2, 0.25) is 11.7 Å². The van der Waals surface area contributed by atoms with Crippen LogP contribution in [-0.4, -0.2) is 42.5 Å². The third kappa shape index (κ3) is 3.02. The van der Waals surface area contributed by atoms with Crippen LogP contribution >= 0.6 is 0 Å². The highest BCUT2D eigenvalue weighted by Crippen LogP contribution is 2.34. The number of hydrogen-bond donors (Lipinski definition) is 1. The van der Waals surface area contributed by atoms with Crippen LogP contribution in [0.4, 0.5) is 0 Å². The molecule has 1 aliphatic heterocycles. The van der Waals surface area contributed by atoms with Crippen molar-refractivity contribution in [2.45, 2.75) is 50.7 Å². The maximum atomic E-state index is 5.61. The molecule has 0 amide bonds. The minimum Gasteiger partial charge on any atom is -0.376 e. The molecule has 0 radical (unpaired) electrons. The van der Waals surface area contributed by atoms with Crippen LogP contribution in [0.25, 0.3) is 0 Å². The normalized spacial score (nSPS) is 30.8. The first-order valence-electron chi connectivity index (χ1n) is 7.64. The molecule has 3 atom stereocenters. The van der Waals surface area contributed by atoms with Crippen LogP contribution in [0, 0.1) is 0 Å². The third-order valence-corrected chi connectivity index (χ3v) is 4.05. The highest BCUT2D eigenvalue weighted by Gasteiger charge is 2.33. The molecule has 6 nitrogen and oxygen atoms in total. The molecule has 20 heavy (non-hydrogen) atoms. The van der Waals surface area contributed by atoms with Crippen LogP contribution in [0.1, 0.15) is 56.3 Å². The average Bonchev–Trinajstić information content (AvgIpc) is 3.14. The van der Waals surface area contributed by atoms with Crippen LogP contribution in [0.15, 0.2) is 4.52 Å². The van der Waals surface area contributed by atoms with E-state index in [0.717, 1.165) is 25.3 Å². The van der Waals surface area contributed by atoms with E-state index < -0.39 is 0 Å². The fourth-order valence-electron chi connectivity index (χ4n) is 3.00. The molecule has 2 aliphatic rings. The van der Waals surface area contributed by atoms with Gasteiger partial charge in [0.25, 0.3) is 0 Å². The summed E-state index contributed by atoms with van der Waals surface area (Å²) in [5, 5.41) is 7.67. The van der Waals surface area contributed by atoms with Crippen LogP contribution in [0.2, 0.25) is 0 Å². The van der Waals surface area contributed by atoms with Gasteiger partial charge in [-0.15, -0.1) is 0 Å². The van der Waals surface area contributed by atoms with Crippen LogP contribution in [0.3, 0.4) is 0 Å². The molecule has 112 valence electrons. The Morgan fingerprint density at radius 3 is 3.05 bits per heavy atom. The lowest BCUT2D eigenvalue weighted by Crippen LogP contribution is -2.32. The molecular weight excluding hydrogens is 258 g/mol. The summed E-state index contributed by atoms with van der Waals surface area (Å²) in [5.74, 6) is 1.72. The first-order valence-corrected chi connectivity index (χ1v) is 7.64. The van der Waals surface area contributed by atoms with E-state index in [2.05, 4.69) is 22.4 Å². The molecule has 2 fully saturated rings. The van der Waals surface area contributed by atoms with Crippen molar-refractivity contribution in [2.24, 2.45) is 0 Å². The summed E-state index contributed by atoms with van der Waals surface area (Å²) in [6, 6.07) is 0.465. The number of aromatic nitrogens is 2. The molecule has 1 N–H and O–H groups in total. The molecule has 2 heterocycles. The molecule has 1 saturated carbocycles. The Kier molecular flexibility index (Phi) is 4.65. The van der Waals surface area contributed by atoms with Gasteiger partial charge in [-0.05, 0) is 25.8 Å². The molecular formula is C14H23N3O3. The van der Waals surface area contributed by atoms with Crippen molar-refractivity contribution in [1.29, 1.82) is 0 Å². The van der Waals surface area contributed by atoms with Crippen molar-refractivity contribution >= 4 is 0 Å². The minimum absolute atomic E-state index is 0.176. The average molecular weight is 281 g/mol. The summed E-state index contributed by atoms with van der Waals surface area (Å²) in [6.07, 6.45) is 4.49. The first-order chi connectivity index (χ1) is 9.88. The van der Waals surface area contributed by atoms with Gasteiger partial charge in [-0.25, -0.2) is 0 Å². The summed E-state index contributed by atoms with van der Waals surface area (Å²) >= 11 is 0. The van der Waals surface area contributed by atoms with Crippen LogP contribution in [0.5, 0.6) is 0 Å². The maximum Gasteiger partial charge on any atom is 0.231 e. The quantitative estimate of drug-likeness (QED) is 0.887. The monoisotopic (exact) mass is 281 g/mol. The zero-order valence-corrected chi connectivity index (χ0v) is 12.0. The highest BCUT2D eigenvalue weighted by molar-refractivity contribution is 5.04. The van der Waals surface area contributed by atoms with Crippen LogP contribution < -0.4 is 5.32 Å². The zero-order chi connectivity index (χ0) is 13.8. The van der Waals surface area contributed by atoms with Gasteiger partial charge in [-0.2, -0.15) is 4.98 Å². The van der Waals surface area contributed by atoms with Crippen LogP contribution in [-0.2, 0) is 9.47 Å². The number of nitrogens with one attached hydrogen (secondary N) is 1. The summed E-state index contributed by atoms with van der Waals surface area (Å²) in [5.41, 5.74) is 0. The lowest BCUT2D eigenvalue weighted by molar-refractivity contribution is -0.0941. The lowest BCUT2D eigenvalue weighted by atomic mass is 10.0. The fourth-order valence-corrected chi connectivity index (χ4v) is 3.00. The number of rotatable bonds is 5. The zero-order valence-electron chi connectivity index (χ0n) is 12.0. The highest BCUT2D eigenvalue weighted by atomic mass is 16.6. The molecule has 1 aliphatic carbocycles. The Morgan fingerprint density at radius 1 is 1.30 bits per heavy atom. The molecule has 3 rings (SSSR count). The Balaban J connectivity index is 1.65. The SMILES string of the molecule is CCCNC1CCCC1c1nc(C2COCCO2)no1. The fraction of sp³-hybridized carbons (Fsp3) is 0.857. The first kappa shape index (κ1) is 14.0. The second-order valence-corrected chi connectivity index (χ2v) is 5.52. The van der Waals surface area contributed by atoms with E-state index in [0.29, 0.717) is 37.6 Å². The molecule has 1 saturated heterocycles. The third-order valence-electron chi connectivity index (χ3n) is 4.05. The topological polar surface area (TPSA) is 69.4 Å². The van der Waals surface area contributed by atoms with E-state index >= 15 is 0 Å². The largest absolute Gasteiger partial charge is 0.376 e. The summed E-state index contributed by atoms with van der Waals surface area (Å²) in [6.45, 7) is 4.98. The van der Waals surface area contributed by atoms with Crippen molar-refractivity contribution in [3.8, 4) is 0 Å². The van der Waals surface area contributed by atoms with Gasteiger partial charge in [-0.1, -0.05) is 18.5 Å². The number of nitrogens with zero attached hydrogens (tertiary/aromatic N) is 2. The minimum atomic E-state index is -0.176. The van der Waals surface area contributed by atoms with E-state index in [9.17, 15) is 0 Å². The van der Waals surface area contributed by atoms with E-state index in [1.165, 1.54) is 12.8 Å². The molecule has 3 unspecified atom stereocenters. The van der Waals surface area contributed by atoms with Gasteiger partial charge in [0, 0.05) is 6.04 Å². The van der Waals surface area contributed by atoms with Gasteiger partial charge in [0.15, 0.2) is 0 Å². The number of hydrogen-bond acceptors (Lipinski definition) is 6. The lowest BCUT2D eigenvalue weighted by Gasteiger charge is -2.20. The molecule has 1 aromatic heterocycles. The van der Waals surface area contributed by atoms with Crippen molar-refractivity contribution in [1.82, 2.24) is 15.5 Å². The summed E-state index contributed by atoms with van der Waals surface area (Å²) in [7, 11) is 0. The molecule has 6 heteroatoms. The predicted octanol–water partition coefficient (Wildman–Crippen LogP) is 1.79. The second-order valence-electron chi connectivity index (χ2n) is 5.52. The Labute approximate surface area is 119 Å². The van der Waals surface area contributed by atoms with Gasteiger partial charge >= 0.3 is 0 Å². The second kappa shape index (κ2) is 6.65. The van der Waals surface area contributed by atoms with Gasteiger partial charge in [0.05, 0.1) is 25.7 Å². The maximum absolute atomic E-state index is 5.61. The predicted molar refractivity (Wildman–Crippen MR) is 72.5 cm³/mol. The van der Waals surface area contributed by atoms with Crippen molar-refractivity contribution in [3.05, 3.63) is 11.7 Å². The van der Waals surface area contributed by atoms with Gasteiger partial charge < -0.3 is 19.3 Å². The molecule has 1 aromatic rings. The Bertz CT molecular complexity index is 418. The Hall–Kier alpha value is -0.980. The van der Waals surface area contributed by atoms with E-state index in [1.807, 2.05) is 0 Å². The van der Waals surface area contributed by atoms with E-state index in [1.54, 1.807) is 0 Å². The summed E-state index contributed by atoms with van der Waals surface area (Å²) in [4.78, 5) is 4.55. The molecule has 0 aromatic carbocycles. The van der Waals surface area contributed by atoms with Gasteiger partial charge in [-0.3, -0.25) is 0 Å². The standard InChI is InChI=1S/C14H23N3O3/c1-2-6-15-11-5-3-4-10(11)14-16-13(17-20-14)12-9-18-7-8-19-12/h10-12,15H,2-9H2,1H3. The smallest absolute Gasteiger partial charge is 0.231 e. The van der Waals surface area contributed by atoms with Crippen molar-refractivity contribution in [2.75, 3.05) is 26.4 Å². The Morgan fingerprint density at radius 2 is 2.25 bits per heavy atom. The molecule has 0 spiro atoms. The molecule has 0 bridgehead atoms. The van der Waals surface area contributed by atoms with Gasteiger partial charge in [0.1, 0.15) is 6.10 Å². The summed E-state index contributed by atoms with van der Waals surface area (Å²) < 4.78 is 16.5. The van der Waals surface area contributed by atoms with Crippen molar-refractivity contribution < 1.29 is 14.0 Å². The van der Waals surface area contributed by atoms with E-state index in [4.69, 9.17) is 14.0 Å². The number of ether oxygens (including phenoxy) is 2. The van der Waals surface area contributed by atoms with E-state index in [-0.39, 0.29) is 6.10 Å². The van der Waals surface area contributed by atoms with Crippen molar-refractivity contribution in [3.63, 3.8) is 0 Å².